The summed E-state index contributed by atoms with van der Waals surface area (Å²) in [5.41, 5.74) is 3.65. The predicted octanol–water partition coefficient (Wildman–Crippen LogP) is 2.77. The van der Waals surface area contributed by atoms with Crippen LogP contribution >= 0.6 is 12.4 Å². The molecular weight excluding hydrogens is 329 g/mol. The van der Waals surface area contributed by atoms with Crippen molar-refractivity contribution in [3.8, 4) is 0 Å². The van der Waals surface area contributed by atoms with Crippen molar-refractivity contribution in [1.82, 2.24) is 14.5 Å². The van der Waals surface area contributed by atoms with E-state index < -0.39 is 0 Å². The summed E-state index contributed by atoms with van der Waals surface area (Å²) in [4.78, 5) is 11.9. The number of imidazole rings is 1. The lowest BCUT2D eigenvalue weighted by atomic mass is 10.1. The summed E-state index contributed by atoms with van der Waals surface area (Å²) in [6, 6.07) is 12.8. The SMILES string of the molecule is Cl.Cn1c(=O)n(C)c2cc(CNCCc3ccccc3F)ccc21. The first-order chi connectivity index (χ1) is 11.1. The van der Waals surface area contributed by atoms with E-state index in [1.807, 2.05) is 30.3 Å². The van der Waals surface area contributed by atoms with E-state index in [4.69, 9.17) is 0 Å². The molecule has 0 saturated carbocycles. The van der Waals surface area contributed by atoms with Crippen molar-refractivity contribution in [2.24, 2.45) is 14.1 Å². The number of hydrogen-bond donors (Lipinski definition) is 1. The van der Waals surface area contributed by atoms with Gasteiger partial charge in [0, 0.05) is 20.6 Å². The molecule has 0 aliphatic carbocycles. The Morgan fingerprint density at radius 1 is 1.04 bits per heavy atom. The highest BCUT2D eigenvalue weighted by Gasteiger charge is 2.08. The van der Waals surface area contributed by atoms with Gasteiger partial charge in [-0.05, 0) is 42.3 Å². The summed E-state index contributed by atoms with van der Waals surface area (Å²) < 4.78 is 16.8. The average Bonchev–Trinajstić information content (AvgIpc) is 2.77. The van der Waals surface area contributed by atoms with Crippen molar-refractivity contribution >= 4 is 23.4 Å². The molecule has 1 aromatic heterocycles. The summed E-state index contributed by atoms with van der Waals surface area (Å²) in [5, 5.41) is 3.32. The van der Waals surface area contributed by atoms with Gasteiger partial charge in [-0.2, -0.15) is 0 Å². The second-order valence-corrected chi connectivity index (χ2v) is 5.74. The van der Waals surface area contributed by atoms with Gasteiger partial charge in [0.2, 0.25) is 0 Å². The van der Waals surface area contributed by atoms with Crippen LogP contribution in [0.3, 0.4) is 0 Å². The van der Waals surface area contributed by atoms with Crippen LogP contribution in [0.25, 0.3) is 11.0 Å². The smallest absolute Gasteiger partial charge is 0.312 e. The van der Waals surface area contributed by atoms with Crippen LogP contribution in [0.2, 0.25) is 0 Å². The Kier molecular flexibility index (Phi) is 5.80. The molecule has 2 aromatic carbocycles. The lowest BCUT2D eigenvalue weighted by Gasteiger charge is -2.07. The fourth-order valence-electron chi connectivity index (χ4n) is 2.82. The minimum atomic E-state index is -0.157. The van der Waals surface area contributed by atoms with Gasteiger partial charge in [0.25, 0.3) is 0 Å². The zero-order chi connectivity index (χ0) is 16.4. The molecule has 0 amide bonds. The summed E-state index contributed by atoms with van der Waals surface area (Å²) in [5.74, 6) is -0.157. The van der Waals surface area contributed by atoms with Gasteiger partial charge in [-0.25, -0.2) is 9.18 Å². The summed E-state index contributed by atoms with van der Waals surface area (Å²) >= 11 is 0. The molecule has 0 aliphatic rings. The molecule has 0 atom stereocenters. The van der Waals surface area contributed by atoms with E-state index in [2.05, 4.69) is 5.32 Å². The van der Waals surface area contributed by atoms with Gasteiger partial charge in [0.15, 0.2) is 0 Å². The maximum absolute atomic E-state index is 13.5. The number of aryl methyl sites for hydroxylation is 2. The third-order valence-electron chi connectivity index (χ3n) is 4.19. The number of rotatable bonds is 5. The highest BCUT2D eigenvalue weighted by atomic mass is 35.5. The topological polar surface area (TPSA) is 39.0 Å². The number of halogens is 2. The molecule has 0 radical (unpaired) electrons. The van der Waals surface area contributed by atoms with Gasteiger partial charge < -0.3 is 5.32 Å². The molecular formula is C18H21ClFN3O. The lowest BCUT2D eigenvalue weighted by molar-refractivity contribution is 0.598. The molecule has 0 aliphatic heterocycles. The van der Waals surface area contributed by atoms with Gasteiger partial charge in [-0.1, -0.05) is 24.3 Å². The monoisotopic (exact) mass is 349 g/mol. The zero-order valence-electron chi connectivity index (χ0n) is 13.8. The Labute approximate surface area is 146 Å². The van der Waals surface area contributed by atoms with Crippen LogP contribution in [-0.4, -0.2) is 15.7 Å². The van der Waals surface area contributed by atoms with E-state index in [-0.39, 0.29) is 23.9 Å². The molecule has 6 heteroatoms. The second-order valence-electron chi connectivity index (χ2n) is 5.74. The molecule has 0 fully saturated rings. The van der Waals surface area contributed by atoms with Crippen LogP contribution in [0, 0.1) is 5.82 Å². The molecule has 0 bridgehead atoms. The third kappa shape index (κ3) is 3.52. The van der Waals surface area contributed by atoms with E-state index in [9.17, 15) is 9.18 Å². The van der Waals surface area contributed by atoms with Crippen LogP contribution in [0.1, 0.15) is 11.1 Å². The van der Waals surface area contributed by atoms with Gasteiger partial charge in [0.1, 0.15) is 5.82 Å². The second kappa shape index (κ2) is 7.64. The van der Waals surface area contributed by atoms with Crippen molar-refractivity contribution in [1.29, 1.82) is 0 Å². The van der Waals surface area contributed by atoms with E-state index >= 15 is 0 Å². The molecule has 128 valence electrons. The summed E-state index contributed by atoms with van der Waals surface area (Å²) in [6.45, 7) is 1.39. The number of benzene rings is 2. The number of fused-ring (bicyclic) bond motifs is 1. The summed E-state index contributed by atoms with van der Waals surface area (Å²) in [6.07, 6.45) is 0.652. The van der Waals surface area contributed by atoms with Gasteiger partial charge >= 0.3 is 5.69 Å². The first-order valence-electron chi connectivity index (χ1n) is 7.66. The van der Waals surface area contributed by atoms with Gasteiger partial charge in [-0.15, -0.1) is 12.4 Å². The zero-order valence-corrected chi connectivity index (χ0v) is 14.6. The number of hydrogen-bond acceptors (Lipinski definition) is 2. The largest absolute Gasteiger partial charge is 0.328 e. The maximum Gasteiger partial charge on any atom is 0.328 e. The Hall–Kier alpha value is -2.11. The molecule has 0 unspecified atom stereocenters. The molecule has 4 nitrogen and oxygen atoms in total. The summed E-state index contributed by atoms with van der Waals surface area (Å²) in [7, 11) is 3.55. The van der Waals surface area contributed by atoms with Crippen molar-refractivity contribution in [3.63, 3.8) is 0 Å². The fraction of sp³-hybridized carbons (Fsp3) is 0.278. The molecule has 0 spiro atoms. The van der Waals surface area contributed by atoms with Crippen LogP contribution < -0.4 is 11.0 Å². The number of nitrogens with one attached hydrogen (secondary N) is 1. The fourth-order valence-corrected chi connectivity index (χ4v) is 2.82. The standard InChI is InChI=1S/C18H20FN3O.ClH/c1-21-16-8-7-13(11-17(16)22(2)18(21)23)12-20-10-9-14-5-3-4-6-15(14)19;/h3-8,11,20H,9-10,12H2,1-2H3;1H. The molecule has 0 saturated heterocycles. The molecule has 1 heterocycles. The number of nitrogens with zero attached hydrogens (tertiary/aromatic N) is 2. The Morgan fingerprint density at radius 3 is 2.50 bits per heavy atom. The first-order valence-corrected chi connectivity index (χ1v) is 7.66. The van der Waals surface area contributed by atoms with Crippen LogP contribution in [0.5, 0.6) is 0 Å². The molecule has 3 rings (SSSR count). The average molecular weight is 350 g/mol. The van der Waals surface area contributed by atoms with Crippen molar-refractivity contribution in [3.05, 3.63) is 69.9 Å². The third-order valence-corrected chi connectivity index (χ3v) is 4.19. The molecule has 24 heavy (non-hydrogen) atoms. The Balaban J connectivity index is 0.00000208. The highest BCUT2D eigenvalue weighted by molar-refractivity contribution is 5.85. The van der Waals surface area contributed by atoms with E-state index in [0.717, 1.165) is 22.2 Å². The van der Waals surface area contributed by atoms with E-state index in [0.29, 0.717) is 19.5 Å². The normalized spacial score (nSPS) is 10.8. The lowest BCUT2D eigenvalue weighted by Crippen LogP contribution is -2.19. The first kappa shape index (κ1) is 18.2. The van der Waals surface area contributed by atoms with Crippen molar-refractivity contribution in [2.45, 2.75) is 13.0 Å². The van der Waals surface area contributed by atoms with E-state index in [1.54, 1.807) is 29.3 Å². The van der Waals surface area contributed by atoms with Crippen molar-refractivity contribution in [2.75, 3.05) is 6.54 Å². The van der Waals surface area contributed by atoms with Gasteiger partial charge in [0.05, 0.1) is 11.0 Å². The minimum absolute atomic E-state index is 0. The molecule has 3 aromatic rings. The Morgan fingerprint density at radius 2 is 1.75 bits per heavy atom. The van der Waals surface area contributed by atoms with Crippen LogP contribution in [-0.2, 0) is 27.1 Å². The predicted molar refractivity (Wildman–Crippen MR) is 97.2 cm³/mol. The van der Waals surface area contributed by atoms with Crippen LogP contribution in [0.4, 0.5) is 4.39 Å². The van der Waals surface area contributed by atoms with Gasteiger partial charge in [-0.3, -0.25) is 9.13 Å². The maximum atomic E-state index is 13.5. The highest BCUT2D eigenvalue weighted by Crippen LogP contribution is 2.14. The molecule has 1 N–H and O–H groups in total. The van der Waals surface area contributed by atoms with Crippen LogP contribution in [0.15, 0.2) is 47.3 Å². The van der Waals surface area contributed by atoms with Crippen molar-refractivity contribution < 1.29 is 4.39 Å². The number of aromatic nitrogens is 2. The minimum Gasteiger partial charge on any atom is -0.312 e. The Bertz CT molecular complexity index is 901. The quantitative estimate of drug-likeness (QED) is 0.719. The van der Waals surface area contributed by atoms with E-state index in [1.165, 1.54) is 6.07 Å².